The fraction of sp³-hybridized carbons (Fsp3) is 0.0833. The van der Waals surface area contributed by atoms with Gasteiger partial charge in [0.25, 0.3) is 0 Å². The Morgan fingerprint density at radius 1 is 1.47 bits per heavy atom. The molecule has 0 radical (unpaired) electrons. The van der Waals surface area contributed by atoms with Crippen LogP contribution in [0.4, 0.5) is 0 Å². The van der Waals surface area contributed by atoms with Gasteiger partial charge in [-0.05, 0) is 24.6 Å². The monoisotopic (exact) mass is 201 g/mol. The SMILES string of the molecule is Cc1ccc2c(/C=C/C(=O)O)c[nH]c2c1. The number of benzene rings is 1. The van der Waals surface area contributed by atoms with Crippen LogP contribution in [-0.2, 0) is 4.79 Å². The van der Waals surface area contributed by atoms with Crippen molar-refractivity contribution >= 4 is 22.9 Å². The number of aliphatic carboxylic acids is 1. The molecule has 0 saturated heterocycles. The Kier molecular flexibility index (Phi) is 2.29. The molecule has 1 aromatic heterocycles. The summed E-state index contributed by atoms with van der Waals surface area (Å²) in [6, 6.07) is 6.03. The molecule has 0 atom stereocenters. The van der Waals surface area contributed by atoms with Crippen LogP contribution >= 0.6 is 0 Å². The van der Waals surface area contributed by atoms with Gasteiger partial charge in [0.05, 0.1) is 0 Å². The van der Waals surface area contributed by atoms with Crippen molar-refractivity contribution in [3.05, 3.63) is 41.6 Å². The van der Waals surface area contributed by atoms with E-state index in [9.17, 15) is 4.79 Å². The van der Waals surface area contributed by atoms with Crippen molar-refractivity contribution in [3.8, 4) is 0 Å². The molecule has 0 unspecified atom stereocenters. The fourth-order valence-electron chi connectivity index (χ4n) is 1.56. The summed E-state index contributed by atoms with van der Waals surface area (Å²) in [5.74, 6) is -0.934. The van der Waals surface area contributed by atoms with Crippen molar-refractivity contribution in [2.24, 2.45) is 0 Å². The van der Waals surface area contributed by atoms with Gasteiger partial charge in [0.1, 0.15) is 0 Å². The van der Waals surface area contributed by atoms with Crippen LogP contribution in [0.3, 0.4) is 0 Å². The van der Waals surface area contributed by atoms with E-state index >= 15 is 0 Å². The number of carbonyl (C=O) groups is 1. The van der Waals surface area contributed by atoms with E-state index in [1.165, 1.54) is 5.56 Å². The predicted molar refractivity (Wildman–Crippen MR) is 59.7 cm³/mol. The number of carboxylic acids is 1. The maximum absolute atomic E-state index is 10.4. The van der Waals surface area contributed by atoms with Crippen LogP contribution in [0.1, 0.15) is 11.1 Å². The van der Waals surface area contributed by atoms with Gasteiger partial charge in [-0.15, -0.1) is 0 Å². The molecule has 2 rings (SSSR count). The van der Waals surface area contributed by atoms with E-state index in [1.807, 2.05) is 31.3 Å². The summed E-state index contributed by atoms with van der Waals surface area (Å²) in [4.78, 5) is 13.5. The maximum Gasteiger partial charge on any atom is 0.328 e. The number of aryl methyl sites for hydroxylation is 1. The van der Waals surface area contributed by atoms with Gasteiger partial charge in [-0.2, -0.15) is 0 Å². The van der Waals surface area contributed by atoms with Gasteiger partial charge in [0, 0.05) is 28.7 Å². The van der Waals surface area contributed by atoms with Gasteiger partial charge in [0.2, 0.25) is 0 Å². The highest BCUT2D eigenvalue weighted by Gasteiger charge is 2.00. The maximum atomic E-state index is 10.4. The van der Waals surface area contributed by atoms with Crippen molar-refractivity contribution in [3.63, 3.8) is 0 Å². The second-order valence-electron chi connectivity index (χ2n) is 3.46. The molecule has 3 nitrogen and oxygen atoms in total. The minimum Gasteiger partial charge on any atom is -0.478 e. The minimum atomic E-state index is -0.934. The number of rotatable bonds is 2. The second-order valence-corrected chi connectivity index (χ2v) is 3.46. The van der Waals surface area contributed by atoms with E-state index in [0.29, 0.717) is 0 Å². The summed E-state index contributed by atoms with van der Waals surface area (Å²) in [5, 5.41) is 9.57. The highest BCUT2D eigenvalue weighted by molar-refractivity contribution is 5.93. The van der Waals surface area contributed by atoms with Crippen LogP contribution in [-0.4, -0.2) is 16.1 Å². The van der Waals surface area contributed by atoms with Crippen molar-refractivity contribution in [1.82, 2.24) is 4.98 Å². The van der Waals surface area contributed by atoms with E-state index in [-0.39, 0.29) is 0 Å². The number of aromatic nitrogens is 1. The molecule has 0 spiro atoms. The van der Waals surface area contributed by atoms with E-state index in [0.717, 1.165) is 22.5 Å². The van der Waals surface area contributed by atoms with Crippen LogP contribution < -0.4 is 0 Å². The lowest BCUT2D eigenvalue weighted by molar-refractivity contribution is -0.131. The average molecular weight is 201 g/mol. The molecule has 0 aliphatic heterocycles. The number of H-pyrrole nitrogens is 1. The first-order valence-electron chi connectivity index (χ1n) is 4.65. The van der Waals surface area contributed by atoms with E-state index in [4.69, 9.17) is 5.11 Å². The Bertz CT molecular complexity index is 538. The highest BCUT2D eigenvalue weighted by atomic mass is 16.4. The van der Waals surface area contributed by atoms with Gasteiger partial charge in [-0.1, -0.05) is 12.1 Å². The van der Waals surface area contributed by atoms with Gasteiger partial charge >= 0.3 is 5.97 Å². The molecule has 1 heterocycles. The third-order valence-corrected chi connectivity index (χ3v) is 2.27. The third-order valence-electron chi connectivity index (χ3n) is 2.27. The van der Waals surface area contributed by atoms with Crippen LogP contribution in [0.2, 0.25) is 0 Å². The molecule has 0 fully saturated rings. The average Bonchev–Trinajstić information content (AvgIpc) is 2.57. The van der Waals surface area contributed by atoms with E-state index < -0.39 is 5.97 Å². The molecule has 2 aromatic rings. The first kappa shape index (κ1) is 9.52. The van der Waals surface area contributed by atoms with Crippen molar-refractivity contribution in [2.45, 2.75) is 6.92 Å². The van der Waals surface area contributed by atoms with Crippen LogP contribution in [0.5, 0.6) is 0 Å². The highest BCUT2D eigenvalue weighted by Crippen LogP contribution is 2.20. The smallest absolute Gasteiger partial charge is 0.328 e. The lowest BCUT2D eigenvalue weighted by atomic mass is 10.1. The summed E-state index contributed by atoms with van der Waals surface area (Å²) in [7, 11) is 0. The quantitative estimate of drug-likeness (QED) is 0.734. The molecule has 2 N–H and O–H groups in total. The zero-order valence-corrected chi connectivity index (χ0v) is 8.32. The Labute approximate surface area is 87.0 Å². The van der Waals surface area contributed by atoms with Gasteiger partial charge in [-0.25, -0.2) is 4.79 Å². The first-order chi connectivity index (χ1) is 7.16. The Morgan fingerprint density at radius 2 is 2.27 bits per heavy atom. The molecule has 0 amide bonds. The molecular weight excluding hydrogens is 190 g/mol. The second kappa shape index (κ2) is 3.61. The number of hydrogen-bond acceptors (Lipinski definition) is 1. The number of nitrogens with one attached hydrogen (secondary N) is 1. The van der Waals surface area contributed by atoms with Gasteiger partial charge < -0.3 is 10.1 Å². The van der Waals surface area contributed by atoms with Crippen molar-refractivity contribution in [1.29, 1.82) is 0 Å². The number of fused-ring (bicyclic) bond motifs is 1. The molecule has 0 aliphatic rings. The summed E-state index contributed by atoms with van der Waals surface area (Å²) in [5.41, 5.74) is 3.10. The zero-order chi connectivity index (χ0) is 10.8. The van der Waals surface area contributed by atoms with Crippen molar-refractivity contribution in [2.75, 3.05) is 0 Å². The van der Waals surface area contributed by atoms with Crippen LogP contribution in [0.25, 0.3) is 17.0 Å². The first-order valence-corrected chi connectivity index (χ1v) is 4.65. The summed E-state index contributed by atoms with van der Waals surface area (Å²) in [6.45, 7) is 2.02. The normalized spacial score (nSPS) is 11.3. The lowest BCUT2D eigenvalue weighted by Crippen LogP contribution is -1.85. The molecule has 0 saturated carbocycles. The van der Waals surface area contributed by atoms with Crippen molar-refractivity contribution < 1.29 is 9.90 Å². The van der Waals surface area contributed by atoms with E-state index in [1.54, 1.807) is 6.08 Å². The molecule has 0 aliphatic carbocycles. The van der Waals surface area contributed by atoms with Gasteiger partial charge in [-0.3, -0.25) is 0 Å². The fourth-order valence-corrected chi connectivity index (χ4v) is 1.56. The summed E-state index contributed by atoms with van der Waals surface area (Å²) in [6.07, 6.45) is 4.54. The number of aromatic amines is 1. The molecule has 0 bridgehead atoms. The standard InChI is InChI=1S/C12H11NO2/c1-8-2-4-10-9(3-5-12(14)15)7-13-11(10)6-8/h2-7,13H,1H3,(H,14,15)/b5-3+. The van der Waals surface area contributed by atoms with Crippen LogP contribution in [0, 0.1) is 6.92 Å². The Morgan fingerprint density at radius 3 is 3.00 bits per heavy atom. The Balaban J connectivity index is 2.50. The zero-order valence-electron chi connectivity index (χ0n) is 8.32. The van der Waals surface area contributed by atoms with Gasteiger partial charge in [0.15, 0.2) is 0 Å². The van der Waals surface area contributed by atoms with Crippen LogP contribution in [0.15, 0.2) is 30.5 Å². The molecule has 3 heteroatoms. The van der Waals surface area contributed by atoms with E-state index in [2.05, 4.69) is 4.98 Å². The minimum absolute atomic E-state index is 0.896. The summed E-state index contributed by atoms with van der Waals surface area (Å²) < 4.78 is 0. The molecular formula is C12H11NO2. The largest absolute Gasteiger partial charge is 0.478 e. The molecule has 1 aromatic carbocycles. The molecule has 76 valence electrons. The number of hydrogen-bond donors (Lipinski definition) is 2. The lowest BCUT2D eigenvalue weighted by Gasteiger charge is -1.93. The third kappa shape index (κ3) is 1.91. The Hall–Kier alpha value is -2.03. The number of carboxylic acid groups (broad SMARTS) is 1. The molecule has 15 heavy (non-hydrogen) atoms. The predicted octanol–water partition coefficient (Wildman–Crippen LogP) is 2.57. The topological polar surface area (TPSA) is 53.1 Å². The summed E-state index contributed by atoms with van der Waals surface area (Å²) >= 11 is 0.